The monoisotopic (exact) mass is 269 g/mol. The molecule has 2 heterocycles. The Balaban J connectivity index is 2.11. The molecule has 3 N–H and O–H groups in total. The molecule has 0 amide bonds. The topological polar surface area (TPSA) is 50.5 Å². The lowest BCUT2D eigenvalue weighted by Gasteiger charge is -2.38. The van der Waals surface area contributed by atoms with Gasteiger partial charge in [-0.3, -0.25) is 10.7 Å². The summed E-state index contributed by atoms with van der Waals surface area (Å²) in [6, 6.07) is 2.78. The Bertz CT molecular complexity index is 380. The predicted molar refractivity (Wildman–Crippen MR) is 75.6 cm³/mol. The van der Waals surface area contributed by atoms with Gasteiger partial charge < -0.3 is 4.74 Å². The molecular formula is C13H23N3OS. The molecule has 2 rings (SSSR count). The van der Waals surface area contributed by atoms with Gasteiger partial charge in [-0.2, -0.15) is 0 Å². The third-order valence-corrected chi connectivity index (χ3v) is 4.69. The van der Waals surface area contributed by atoms with Gasteiger partial charge in [-0.05, 0) is 37.8 Å². The van der Waals surface area contributed by atoms with Crippen LogP contribution in [-0.2, 0) is 4.74 Å². The summed E-state index contributed by atoms with van der Waals surface area (Å²) in [7, 11) is 0. The number of thiophene rings is 1. The van der Waals surface area contributed by atoms with E-state index >= 15 is 0 Å². The molecule has 5 heteroatoms. The van der Waals surface area contributed by atoms with Crippen molar-refractivity contribution in [2.75, 3.05) is 19.7 Å². The molecule has 0 radical (unpaired) electrons. The van der Waals surface area contributed by atoms with Crippen molar-refractivity contribution in [3.05, 3.63) is 21.9 Å². The molecule has 0 spiro atoms. The van der Waals surface area contributed by atoms with Crippen LogP contribution in [-0.4, -0.2) is 36.7 Å². The van der Waals surface area contributed by atoms with Crippen LogP contribution in [0.2, 0.25) is 0 Å². The van der Waals surface area contributed by atoms with E-state index in [4.69, 9.17) is 10.6 Å². The van der Waals surface area contributed by atoms with E-state index in [1.165, 1.54) is 10.4 Å². The van der Waals surface area contributed by atoms with E-state index in [2.05, 4.69) is 42.5 Å². The fourth-order valence-electron chi connectivity index (χ4n) is 2.42. The first kappa shape index (κ1) is 14.0. The summed E-state index contributed by atoms with van der Waals surface area (Å²) < 4.78 is 5.91. The first-order chi connectivity index (χ1) is 8.63. The van der Waals surface area contributed by atoms with E-state index in [1.54, 1.807) is 11.3 Å². The standard InChI is InChI=1S/C13H23N3OS/c1-9(2)16-5-6-17-11(8-16)12(15-14)13-10(3)4-7-18-13/h4,7,9,11-12,15H,5-6,8,14H2,1-3H3. The number of rotatable bonds is 4. The molecule has 2 atom stereocenters. The van der Waals surface area contributed by atoms with Gasteiger partial charge in [-0.15, -0.1) is 11.3 Å². The first-order valence-electron chi connectivity index (χ1n) is 6.49. The molecule has 1 fully saturated rings. The van der Waals surface area contributed by atoms with E-state index in [0.29, 0.717) is 6.04 Å². The fraction of sp³-hybridized carbons (Fsp3) is 0.692. The minimum absolute atomic E-state index is 0.0894. The van der Waals surface area contributed by atoms with Crippen molar-refractivity contribution in [1.82, 2.24) is 10.3 Å². The predicted octanol–water partition coefficient (Wildman–Crippen LogP) is 1.67. The first-order valence-corrected chi connectivity index (χ1v) is 7.37. The number of ether oxygens (including phenoxy) is 1. The average molecular weight is 269 g/mol. The summed E-state index contributed by atoms with van der Waals surface area (Å²) in [6.45, 7) is 9.30. The highest BCUT2D eigenvalue weighted by molar-refractivity contribution is 7.10. The average Bonchev–Trinajstić information content (AvgIpc) is 2.77. The normalized spacial score (nSPS) is 23.5. The Morgan fingerprint density at radius 1 is 1.56 bits per heavy atom. The third-order valence-electron chi connectivity index (χ3n) is 3.59. The number of nitrogens with zero attached hydrogens (tertiary/aromatic N) is 1. The quantitative estimate of drug-likeness (QED) is 0.645. The Morgan fingerprint density at radius 3 is 2.89 bits per heavy atom. The maximum absolute atomic E-state index is 5.91. The maximum Gasteiger partial charge on any atom is 0.0918 e. The molecular weight excluding hydrogens is 246 g/mol. The van der Waals surface area contributed by atoms with Crippen LogP contribution >= 0.6 is 11.3 Å². The van der Waals surface area contributed by atoms with Crippen LogP contribution in [0.4, 0.5) is 0 Å². The van der Waals surface area contributed by atoms with Crippen molar-refractivity contribution in [2.24, 2.45) is 5.84 Å². The molecule has 1 aliphatic heterocycles. The van der Waals surface area contributed by atoms with Gasteiger partial charge in [-0.25, -0.2) is 5.43 Å². The van der Waals surface area contributed by atoms with Crippen LogP contribution in [0.15, 0.2) is 11.4 Å². The van der Waals surface area contributed by atoms with Crippen LogP contribution in [0.5, 0.6) is 0 Å². The SMILES string of the molecule is Cc1ccsc1C(NN)C1CN(C(C)C)CCO1. The number of nitrogens with two attached hydrogens (primary N) is 1. The third kappa shape index (κ3) is 2.92. The lowest BCUT2D eigenvalue weighted by Crippen LogP contribution is -2.51. The highest BCUT2D eigenvalue weighted by Crippen LogP contribution is 2.29. The Morgan fingerprint density at radius 2 is 2.33 bits per heavy atom. The molecule has 1 saturated heterocycles. The largest absolute Gasteiger partial charge is 0.373 e. The molecule has 18 heavy (non-hydrogen) atoms. The zero-order valence-electron chi connectivity index (χ0n) is 11.3. The van der Waals surface area contributed by atoms with Gasteiger partial charge in [-0.1, -0.05) is 0 Å². The Hall–Kier alpha value is -0.460. The number of hydrogen-bond acceptors (Lipinski definition) is 5. The summed E-state index contributed by atoms with van der Waals surface area (Å²) in [6.07, 6.45) is 0.128. The minimum Gasteiger partial charge on any atom is -0.373 e. The van der Waals surface area contributed by atoms with E-state index in [1.807, 2.05) is 0 Å². The van der Waals surface area contributed by atoms with Crippen molar-refractivity contribution >= 4 is 11.3 Å². The van der Waals surface area contributed by atoms with Gasteiger partial charge in [0.15, 0.2) is 0 Å². The van der Waals surface area contributed by atoms with Crippen LogP contribution in [0, 0.1) is 6.92 Å². The molecule has 4 nitrogen and oxygen atoms in total. The van der Waals surface area contributed by atoms with Crippen LogP contribution in [0.1, 0.15) is 30.3 Å². The van der Waals surface area contributed by atoms with Gasteiger partial charge in [0.25, 0.3) is 0 Å². The van der Waals surface area contributed by atoms with Crippen molar-refractivity contribution in [3.63, 3.8) is 0 Å². The second-order valence-corrected chi connectivity index (χ2v) is 6.06. The molecule has 1 aliphatic rings. The molecule has 0 aliphatic carbocycles. The van der Waals surface area contributed by atoms with E-state index < -0.39 is 0 Å². The molecule has 102 valence electrons. The highest BCUT2D eigenvalue weighted by atomic mass is 32.1. The molecule has 0 aromatic carbocycles. The smallest absolute Gasteiger partial charge is 0.0918 e. The molecule has 0 saturated carbocycles. The maximum atomic E-state index is 5.91. The van der Waals surface area contributed by atoms with Gasteiger partial charge in [0, 0.05) is 24.0 Å². The number of hydrogen-bond donors (Lipinski definition) is 2. The zero-order valence-corrected chi connectivity index (χ0v) is 12.2. The number of morpholine rings is 1. The van der Waals surface area contributed by atoms with Crippen molar-refractivity contribution in [3.8, 4) is 0 Å². The van der Waals surface area contributed by atoms with Gasteiger partial charge in [0.1, 0.15) is 0 Å². The molecule has 2 unspecified atom stereocenters. The second kappa shape index (κ2) is 6.12. The molecule has 1 aromatic rings. The van der Waals surface area contributed by atoms with Gasteiger partial charge >= 0.3 is 0 Å². The number of hydrazine groups is 1. The van der Waals surface area contributed by atoms with E-state index in [9.17, 15) is 0 Å². The van der Waals surface area contributed by atoms with E-state index in [0.717, 1.165) is 19.7 Å². The molecule has 1 aromatic heterocycles. The summed E-state index contributed by atoms with van der Waals surface area (Å²) in [5, 5.41) is 2.11. The lowest BCUT2D eigenvalue weighted by molar-refractivity contribution is -0.0556. The highest BCUT2D eigenvalue weighted by Gasteiger charge is 2.30. The fourth-order valence-corrected chi connectivity index (χ4v) is 3.46. The molecule has 0 bridgehead atoms. The zero-order chi connectivity index (χ0) is 13.1. The summed E-state index contributed by atoms with van der Waals surface area (Å²) >= 11 is 1.74. The van der Waals surface area contributed by atoms with Crippen LogP contribution in [0.25, 0.3) is 0 Å². The second-order valence-electron chi connectivity index (χ2n) is 5.11. The van der Waals surface area contributed by atoms with Gasteiger partial charge in [0.2, 0.25) is 0 Å². The number of aryl methyl sites for hydroxylation is 1. The van der Waals surface area contributed by atoms with Crippen molar-refractivity contribution < 1.29 is 4.74 Å². The number of nitrogens with one attached hydrogen (secondary N) is 1. The van der Waals surface area contributed by atoms with Crippen LogP contribution < -0.4 is 11.3 Å². The van der Waals surface area contributed by atoms with Crippen molar-refractivity contribution in [2.45, 2.75) is 39.0 Å². The van der Waals surface area contributed by atoms with Crippen molar-refractivity contribution in [1.29, 1.82) is 0 Å². The minimum atomic E-state index is 0.0894. The van der Waals surface area contributed by atoms with Crippen LogP contribution in [0.3, 0.4) is 0 Å². The van der Waals surface area contributed by atoms with E-state index in [-0.39, 0.29) is 12.1 Å². The Kier molecular flexibility index (Phi) is 4.75. The lowest BCUT2D eigenvalue weighted by atomic mass is 10.0. The summed E-state index contributed by atoms with van der Waals surface area (Å²) in [5.41, 5.74) is 4.22. The summed E-state index contributed by atoms with van der Waals surface area (Å²) in [4.78, 5) is 3.73. The Labute approximate surface area is 113 Å². The van der Waals surface area contributed by atoms with Gasteiger partial charge in [0.05, 0.1) is 18.8 Å². The summed E-state index contributed by atoms with van der Waals surface area (Å²) in [5.74, 6) is 5.74.